The third kappa shape index (κ3) is 5.51. The average molecular weight is 453 g/mol. The molecule has 0 radical (unpaired) electrons. The first-order valence-corrected chi connectivity index (χ1v) is 11.4. The second-order valence-electron chi connectivity index (χ2n) is 6.66. The Hall–Kier alpha value is -1.60. The molecular weight excluding hydrogens is 427 g/mol. The van der Waals surface area contributed by atoms with Crippen molar-refractivity contribution in [2.24, 2.45) is 0 Å². The van der Waals surface area contributed by atoms with Crippen LogP contribution in [0.3, 0.4) is 0 Å². The van der Waals surface area contributed by atoms with Gasteiger partial charge in [0.05, 0.1) is 33.1 Å². The molecule has 0 amide bonds. The number of thiophene rings is 1. The number of rotatable bonds is 10. The summed E-state index contributed by atoms with van der Waals surface area (Å²) in [7, 11) is 1.67. The van der Waals surface area contributed by atoms with Gasteiger partial charge in [-0.3, -0.25) is 0 Å². The maximum atomic E-state index is 6.18. The Morgan fingerprint density at radius 1 is 1.03 bits per heavy atom. The molecule has 0 bridgehead atoms. The van der Waals surface area contributed by atoms with Gasteiger partial charge >= 0.3 is 0 Å². The zero-order valence-corrected chi connectivity index (χ0v) is 19.3. The molecular formula is C21H26Cl2N4OS. The Morgan fingerprint density at radius 2 is 1.72 bits per heavy atom. The van der Waals surface area contributed by atoms with E-state index in [0.29, 0.717) is 15.6 Å². The molecule has 0 saturated heterocycles. The standard InChI is InChI=1S/C21H26Cl2N4OS/c1-4-27(5-2)11-7-6-10-24-21-20(18-8-9-19(28-3)29-18)25-16-12-14(22)15(23)13-17(16)26-21/h8-9,12-13H,4-7,10-11H2,1-3H3,(H,24,26). The minimum atomic E-state index is 0.472. The first-order chi connectivity index (χ1) is 14.0. The summed E-state index contributed by atoms with van der Waals surface area (Å²) in [5.74, 6) is 0.753. The molecule has 5 nitrogen and oxygen atoms in total. The number of ether oxygens (including phenoxy) is 1. The fraction of sp³-hybridized carbons (Fsp3) is 0.429. The van der Waals surface area contributed by atoms with Gasteiger partial charge in [-0.1, -0.05) is 48.4 Å². The number of benzene rings is 1. The summed E-state index contributed by atoms with van der Waals surface area (Å²) in [6, 6.07) is 7.46. The summed E-state index contributed by atoms with van der Waals surface area (Å²) in [6.07, 6.45) is 2.20. The molecule has 0 spiro atoms. The second-order valence-corrected chi connectivity index (χ2v) is 8.52. The molecule has 29 heavy (non-hydrogen) atoms. The van der Waals surface area contributed by atoms with Crippen LogP contribution < -0.4 is 10.1 Å². The normalized spacial score (nSPS) is 11.4. The van der Waals surface area contributed by atoms with Gasteiger partial charge in [0, 0.05) is 6.54 Å². The van der Waals surface area contributed by atoms with E-state index in [0.717, 1.165) is 66.0 Å². The molecule has 1 N–H and O–H groups in total. The Balaban J connectivity index is 1.83. The van der Waals surface area contributed by atoms with Crippen molar-refractivity contribution < 1.29 is 4.74 Å². The van der Waals surface area contributed by atoms with Gasteiger partial charge in [0.1, 0.15) is 5.69 Å². The van der Waals surface area contributed by atoms with Gasteiger partial charge < -0.3 is 15.0 Å². The van der Waals surface area contributed by atoms with E-state index in [2.05, 4.69) is 24.1 Å². The van der Waals surface area contributed by atoms with E-state index in [1.807, 2.05) is 12.1 Å². The van der Waals surface area contributed by atoms with Crippen LogP contribution in [-0.2, 0) is 0 Å². The third-order valence-electron chi connectivity index (χ3n) is 4.81. The Kier molecular flexibility index (Phi) is 7.95. The molecule has 0 atom stereocenters. The van der Waals surface area contributed by atoms with Crippen LogP contribution in [0.1, 0.15) is 26.7 Å². The zero-order chi connectivity index (χ0) is 20.8. The van der Waals surface area contributed by atoms with Crippen LogP contribution in [0.25, 0.3) is 21.6 Å². The number of hydrogen-bond acceptors (Lipinski definition) is 6. The minimum Gasteiger partial charge on any atom is -0.487 e. The van der Waals surface area contributed by atoms with E-state index in [4.69, 9.17) is 37.9 Å². The van der Waals surface area contributed by atoms with Crippen molar-refractivity contribution in [3.63, 3.8) is 0 Å². The van der Waals surface area contributed by atoms with Crippen molar-refractivity contribution in [2.45, 2.75) is 26.7 Å². The van der Waals surface area contributed by atoms with Crippen LogP contribution in [0.2, 0.25) is 10.0 Å². The lowest BCUT2D eigenvalue weighted by molar-refractivity contribution is 0.298. The monoisotopic (exact) mass is 452 g/mol. The smallest absolute Gasteiger partial charge is 0.173 e. The summed E-state index contributed by atoms with van der Waals surface area (Å²) < 4.78 is 5.34. The van der Waals surface area contributed by atoms with Crippen molar-refractivity contribution in [3.8, 4) is 15.6 Å². The molecule has 3 rings (SSSR count). The van der Waals surface area contributed by atoms with Gasteiger partial charge in [-0.15, -0.1) is 0 Å². The first kappa shape index (κ1) is 22.1. The summed E-state index contributed by atoms with van der Waals surface area (Å²) in [5, 5.41) is 5.26. The van der Waals surface area contributed by atoms with Crippen LogP contribution in [0.15, 0.2) is 24.3 Å². The highest BCUT2D eigenvalue weighted by Crippen LogP contribution is 2.37. The Bertz CT molecular complexity index is 959. The number of hydrogen-bond donors (Lipinski definition) is 1. The van der Waals surface area contributed by atoms with E-state index in [9.17, 15) is 0 Å². The number of fused-ring (bicyclic) bond motifs is 1. The molecule has 0 aliphatic heterocycles. The van der Waals surface area contributed by atoms with Crippen LogP contribution >= 0.6 is 34.5 Å². The van der Waals surface area contributed by atoms with E-state index >= 15 is 0 Å². The van der Waals surface area contributed by atoms with E-state index in [1.165, 1.54) is 11.3 Å². The molecule has 0 unspecified atom stereocenters. The molecule has 156 valence electrons. The summed E-state index contributed by atoms with van der Waals surface area (Å²) >= 11 is 13.9. The average Bonchev–Trinajstić information content (AvgIpc) is 3.20. The van der Waals surface area contributed by atoms with Crippen molar-refractivity contribution in [1.29, 1.82) is 0 Å². The van der Waals surface area contributed by atoms with E-state index in [-0.39, 0.29) is 0 Å². The Labute approximate surface area is 186 Å². The SMILES string of the molecule is CCN(CC)CCCCNc1nc2cc(Cl)c(Cl)cc2nc1-c1ccc(OC)s1. The van der Waals surface area contributed by atoms with Gasteiger partial charge in [-0.2, -0.15) is 0 Å². The largest absolute Gasteiger partial charge is 0.487 e. The van der Waals surface area contributed by atoms with Gasteiger partial charge in [0.25, 0.3) is 0 Å². The number of methoxy groups -OCH3 is 1. The fourth-order valence-corrected chi connectivity index (χ4v) is 4.24. The highest BCUT2D eigenvalue weighted by Gasteiger charge is 2.15. The highest BCUT2D eigenvalue weighted by atomic mass is 35.5. The van der Waals surface area contributed by atoms with Crippen molar-refractivity contribution in [3.05, 3.63) is 34.3 Å². The zero-order valence-electron chi connectivity index (χ0n) is 17.0. The maximum Gasteiger partial charge on any atom is 0.173 e. The van der Waals surface area contributed by atoms with Crippen molar-refractivity contribution in [2.75, 3.05) is 38.6 Å². The highest BCUT2D eigenvalue weighted by molar-refractivity contribution is 7.17. The number of aromatic nitrogens is 2. The van der Waals surface area contributed by atoms with Crippen molar-refractivity contribution in [1.82, 2.24) is 14.9 Å². The van der Waals surface area contributed by atoms with Gasteiger partial charge in [-0.05, 0) is 56.7 Å². The molecule has 3 aromatic rings. The number of nitrogens with zero attached hydrogens (tertiary/aromatic N) is 3. The fourth-order valence-electron chi connectivity index (χ4n) is 3.11. The molecule has 0 aliphatic rings. The van der Waals surface area contributed by atoms with Gasteiger partial charge in [-0.25, -0.2) is 9.97 Å². The van der Waals surface area contributed by atoms with E-state index in [1.54, 1.807) is 19.2 Å². The molecule has 1 aromatic carbocycles. The molecule has 8 heteroatoms. The summed E-state index contributed by atoms with van der Waals surface area (Å²) in [5.41, 5.74) is 2.24. The predicted octanol–water partition coefficient (Wildman–Crippen LogP) is 6.21. The summed E-state index contributed by atoms with van der Waals surface area (Å²) in [4.78, 5) is 13.0. The molecule has 0 fully saturated rings. The maximum absolute atomic E-state index is 6.18. The van der Waals surface area contributed by atoms with Gasteiger partial charge in [0.2, 0.25) is 0 Å². The molecule has 0 saturated carbocycles. The lowest BCUT2D eigenvalue weighted by atomic mass is 10.2. The number of nitrogens with one attached hydrogen (secondary N) is 1. The van der Waals surface area contributed by atoms with Crippen LogP contribution in [0.4, 0.5) is 5.82 Å². The predicted molar refractivity (Wildman–Crippen MR) is 125 cm³/mol. The molecule has 0 aliphatic carbocycles. The number of halogens is 2. The molecule has 2 aromatic heterocycles. The Morgan fingerprint density at radius 3 is 2.34 bits per heavy atom. The van der Waals surface area contributed by atoms with E-state index < -0.39 is 0 Å². The minimum absolute atomic E-state index is 0.472. The second kappa shape index (κ2) is 10.4. The van der Waals surface area contributed by atoms with Crippen LogP contribution in [0, 0.1) is 0 Å². The number of anilines is 1. The summed E-state index contributed by atoms with van der Waals surface area (Å²) in [6.45, 7) is 8.53. The topological polar surface area (TPSA) is 50.3 Å². The lowest BCUT2D eigenvalue weighted by Gasteiger charge is -2.17. The van der Waals surface area contributed by atoms with Crippen LogP contribution in [0.5, 0.6) is 5.06 Å². The van der Waals surface area contributed by atoms with Gasteiger partial charge in [0.15, 0.2) is 10.9 Å². The first-order valence-electron chi connectivity index (χ1n) is 9.82. The van der Waals surface area contributed by atoms with Crippen molar-refractivity contribution >= 4 is 51.4 Å². The number of unbranched alkanes of at least 4 members (excludes halogenated alkanes) is 1. The lowest BCUT2D eigenvalue weighted by Crippen LogP contribution is -2.24. The quantitative estimate of drug-likeness (QED) is 0.370. The third-order valence-corrected chi connectivity index (χ3v) is 6.59. The van der Waals surface area contributed by atoms with Crippen LogP contribution in [-0.4, -0.2) is 48.2 Å². The molecule has 2 heterocycles.